The first kappa shape index (κ1) is 24.5. The van der Waals surface area contributed by atoms with E-state index in [0.717, 1.165) is 56.4 Å². The lowest BCUT2D eigenvalue weighted by molar-refractivity contribution is 0.470. The van der Waals surface area contributed by atoms with Gasteiger partial charge in [-0.25, -0.2) is 0 Å². The van der Waals surface area contributed by atoms with E-state index in [4.69, 9.17) is 0 Å². The molecule has 0 spiro atoms. The van der Waals surface area contributed by atoms with Gasteiger partial charge in [0.15, 0.2) is 5.75 Å². The second-order valence-electron chi connectivity index (χ2n) is 9.99. The van der Waals surface area contributed by atoms with E-state index < -0.39 is 0 Å². The van der Waals surface area contributed by atoms with Gasteiger partial charge in [0.05, 0.1) is 34.2 Å². The molecular weight excluding hydrogens is 500 g/mol. The van der Waals surface area contributed by atoms with Gasteiger partial charge < -0.3 is 14.2 Å². The quantitative estimate of drug-likeness (QED) is 0.229. The lowest BCUT2D eigenvalue weighted by atomic mass is 10.1. The lowest BCUT2D eigenvalue weighted by Crippen LogP contribution is -2.04. The van der Waals surface area contributed by atoms with Crippen LogP contribution in [0.2, 0.25) is 0 Å². The van der Waals surface area contributed by atoms with Gasteiger partial charge in [-0.2, -0.15) is 0 Å². The van der Waals surface area contributed by atoms with E-state index in [0.29, 0.717) is 0 Å². The summed E-state index contributed by atoms with van der Waals surface area (Å²) in [7, 11) is 0. The second kappa shape index (κ2) is 10.6. The minimum Gasteiger partial charge on any atom is -0.504 e. The van der Waals surface area contributed by atoms with E-state index in [1.54, 1.807) is 0 Å². The first-order valence-electron chi connectivity index (χ1n) is 13.8. The van der Waals surface area contributed by atoms with Crippen LogP contribution < -0.4 is 0 Å². The van der Waals surface area contributed by atoms with E-state index in [-0.39, 0.29) is 5.75 Å². The summed E-state index contributed by atoms with van der Waals surface area (Å²) < 4.78 is 4.33. The van der Waals surface area contributed by atoms with Crippen molar-refractivity contribution in [3.63, 3.8) is 0 Å². The largest absolute Gasteiger partial charge is 0.504 e. The fourth-order valence-corrected chi connectivity index (χ4v) is 5.61. The van der Waals surface area contributed by atoms with Crippen LogP contribution in [0.15, 0.2) is 164 Å². The van der Waals surface area contributed by atoms with Gasteiger partial charge in [0.1, 0.15) is 0 Å². The topological polar surface area (TPSA) is 30.1 Å². The van der Waals surface area contributed by atoms with Gasteiger partial charge in [-0.3, -0.25) is 0 Å². The normalized spacial score (nSPS) is 11.0. The van der Waals surface area contributed by atoms with Gasteiger partial charge in [0.2, 0.25) is 0 Å². The molecular formula is C38H28N2O. The molecule has 7 rings (SSSR count). The van der Waals surface area contributed by atoms with Crippen molar-refractivity contribution < 1.29 is 5.11 Å². The van der Waals surface area contributed by atoms with Crippen molar-refractivity contribution in [1.29, 1.82) is 0 Å². The van der Waals surface area contributed by atoms with Crippen molar-refractivity contribution in [3.8, 4) is 62.2 Å². The Hall–Kier alpha value is -5.54. The molecule has 0 saturated carbocycles. The molecule has 0 radical (unpaired) electrons. The summed E-state index contributed by atoms with van der Waals surface area (Å²) in [6, 6.07) is 55.8. The molecule has 0 bridgehead atoms. The van der Waals surface area contributed by atoms with Crippen LogP contribution in [0.5, 0.6) is 5.75 Å². The standard InChI is InChI=1S/C38H28N2O/c41-38-36(39-32(28-14-5-1-6-15-28)24-25-33(39)29-16-7-2-8-17-29)22-13-23-37(38)40-34(30-18-9-3-10-19-30)26-27-35(40)31-20-11-4-12-21-31/h1-27,41H. The minimum atomic E-state index is 0.212. The molecule has 196 valence electrons. The van der Waals surface area contributed by atoms with Gasteiger partial charge in [0.25, 0.3) is 0 Å². The summed E-state index contributed by atoms with van der Waals surface area (Å²) in [4.78, 5) is 0. The number of aromatic nitrogens is 2. The van der Waals surface area contributed by atoms with Crippen LogP contribution in [0.3, 0.4) is 0 Å². The lowest BCUT2D eigenvalue weighted by Gasteiger charge is -2.20. The van der Waals surface area contributed by atoms with E-state index in [2.05, 4.69) is 81.9 Å². The summed E-state index contributed by atoms with van der Waals surface area (Å²) >= 11 is 0. The molecule has 7 aromatic rings. The summed E-state index contributed by atoms with van der Waals surface area (Å²) in [5, 5.41) is 12.2. The van der Waals surface area contributed by atoms with Crippen LogP contribution in [0.25, 0.3) is 56.4 Å². The summed E-state index contributed by atoms with van der Waals surface area (Å²) in [5.74, 6) is 0.212. The predicted octanol–water partition coefficient (Wildman–Crippen LogP) is 9.64. The Kier molecular flexibility index (Phi) is 6.31. The number of hydrogen-bond acceptors (Lipinski definition) is 1. The molecule has 41 heavy (non-hydrogen) atoms. The van der Waals surface area contributed by atoms with Crippen LogP contribution in [0.4, 0.5) is 0 Å². The Bertz CT molecular complexity index is 1670. The molecule has 3 nitrogen and oxygen atoms in total. The number of phenols is 1. The number of hydrogen-bond donors (Lipinski definition) is 1. The average molecular weight is 529 g/mol. The van der Waals surface area contributed by atoms with Crippen molar-refractivity contribution in [3.05, 3.63) is 164 Å². The van der Waals surface area contributed by atoms with Crippen molar-refractivity contribution in [2.75, 3.05) is 0 Å². The fourth-order valence-electron chi connectivity index (χ4n) is 5.61. The van der Waals surface area contributed by atoms with Crippen molar-refractivity contribution >= 4 is 0 Å². The number of aromatic hydroxyl groups is 1. The number of phenolic OH excluding ortho intramolecular Hbond substituents is 1. The third kappa shape index (κ3) is 4.44. The molecule has 0 aliphatic rings. The van der Waals surface area contributed by atoms with Crippen molar-refractivity contribution in [1.82, 2.24) is 9.13 Å². The molecule has 0 aliphatic carbocycles. The Morgan fingerprint density at radius 3 is 0.829 bits per heavy atom. The van der Waals surface area contributed by atoms with Crippen LogP contribution in [0.1, 0.15) is 0 Å². The molecule has 3 heteroatoms. The third-order valence-electron chi connectivity index (χ3n) is 7.52. The highest BCUT2D eigenvalue weighted by Gasteiger charge is 2.21. The SMILES string of the molecule is Oc1c(-n2c(-c3ccccc3)ccc2-c2ccccc2)cccc1-n1c(-c2ccccc2)ccc1-c1ccccc1. The minimum absolute atomic E-state index is 0.212. The van der Waals surface area contributed by atoms with Gasteiger partial charge in [-0.05, 0) is 58.7 Å². The maximum Gasteiger partial charge on any atom is 0.163 e. The fraction of sp³-hybridized carbons (Fsp3) is 0. The van der Waals surface area contributed by atoms with E-state index in [9.17, 15) is 5.11 Å². The molecule has 2 heterocycles. The predicted molar refractivity (Wildman–Crippen MR) is 169 cm³/mol. The molecule has 5 aromatic carbocycles. The average Bonchev–Trinajstić information content (AvgIpc) is 3.69. The Morgan fingerprint density at radius 2 is 0.561 bits per heavy atom. The second-order valence-corrected chi connectivity index (χ2v) is 9.99. The Balaban J connectivity index is 1.49. The summed E-state index contributed by atoms with van der Waals surface area (Å²) in [6.07, 6.45) is 0. The van der Waals surface area contributed by atoms with Gasteiger partial charge in [-0.15, -0.1) is 0 Å². The maximum absolute atomic E-state index is 12.2. The van der Waals surface area contributed by atoms with Crippen molar-refractivity contribution in [2.45, 2.75) is 0 Å². The van der Waals surface area contributed by atoms with E-state index >= 15 is 0 Å². The van der Waals surface area contributed by atoms with Crippen LogP contribution in [0, 0.1) is 0 Å². The monoisotopic (exact) mass is 528 g/mol. The molecule has 0 aliphatic heterocycles. The smallest absolute Gasteiger partial charge is 0.163 e. The maximum atomic E-state index is 12.2. The molecule has 2 aromatic heterocycles. The highest BCUT2D eigenvalue weighted by molar-refractivity contribution is 5.79. The first-order valence-corrected chi connectivity index (χ1v) is 13.8. The van der Waals surface area contributed by atoms with Gasteiger partial charge in [0, 0.05) is 0 Å². The molecule has 0 saturated heterocycles. The molecule has 0 fully saturated rings. The zero-order valence-corrected chi connectivity index (χ0v) is 22.4. The molecule has 0 atom stereocenters. The zero-order valence-electron chi connectivity index (χ0n) is 22.4. The van der Waals surface area contributed by atoms with Crippen LogP contribution in [-0.4, -0.2) is 14.2 Å². The highest BCUT2D eigenvalue weighted by atomic mass is 16.3. The van der Waals surface area contributed by atoms with E-state index in [1.165, 1.54) is 0 Å². The molecule has 0 unspecified atom stereocenters. The zero-order chi connectivity index (χ0) is 27.6. The number of rotatable bonds is 6. The number of nitrogens with zero attached hydrogens (tertiary/aromatic N) is 2. The van der Waals surface area contributed by atoms with Gasteiger partial charge in [-0.1, -0.05) is 127 Å². The van der Waals surface area contributed by atoms with Crippen LogP contribution in [-0.2, 0) is 0 Å². The van der Waals surface area contributed by atoms with E-state index in [1.807, 2.05) is 91.0 Å². The Labute approximate surface area is 239 Å². The molecule has 1 N–H and O–H groups in total. The highest BCUT2D eigenvalue weighted by Crippen LogP contribution is 2.41. The number of benzene rings is 5. The Morgan fingerprint density at radius 1 is 0.293 bits per heavy atom. The van der Waals surface area contributed by atoms with Crippen LogP contribution >= 0.6 is 0 Å². The number of para-hydroxylation sites is 1. The molecule has 0 amide bonds. The third-order valence-corrected chi connectivity index (χ3v) is 7.52. The van der Waals surface area contributed by atoms with Crippen molar-refractivity contribution in [2.24, 2.45) is 0 Å². The van der Waals surface area contributed by atoms with Gasteiger partial charge >= 0.3 is 0 Å². The summed E-state index contributed by atoms with van der Waals surface area (Å²) in [5.41, 5.74) is 9.80. The summed E-state index contributed by atoms with van der Waals surface area (Å²) in [6.45, 7) is 0. The first-order chi connectivity index (χ1) is 20.3.